The molecule has 2 nitrogen and oxygen atoms in total. The van der Waals surface area contributed by atoms with Gasteiger partial charge in [0.25, 0.3) is 0 Å². The third kappa shape index (κ3) is 3.19. The minimum Gasteiger partial charge on any atom is -0.298 e. The van der Waals surface area contributed by atoms with Crippen LogP contribution in [0.2, 0.25) is 0 Å². The average molecular weight is 283 g/mol. The number of benzene rings is 2. The van der Waals surface area contributed by atoms with Gasteiger partial charge in [0.1, 0.15) is 5.82 Å². The molecule has 0 radical (unpaired) electrons. The Hall–Kier alpha value is -2.00. The van der Waals surface area contributed by atoms with Crippen LogP contribution in [0, 0.1) is 5.82 Å². The minimum absolute atomic E-state index is 0.226. The second-order valence-corrected chi connectivity index (χ2v) is 5.48. The molecule has 0 N–H and O–H groups in total. The zero-order valence-electron chi connectivity index (χ0n) is 11.8. The summed E-state index contributed by atoms with van der Waals surface area (Å²) in [6.07, 6.45) is 1.50. The number of piperidine rings is 1. The first-order valence-electron chi connectivity index (χ1n) is 7.30. The Morgan fingerprint density at radius 3 is 2.48 bits per heavy atom. The van der Waals surface area contributed by atoms with Crippen LogP contribution in [0.3, 0.4) is 0 Å². The van der Waals surface area contributed by atoms with E-state index in [1.165, 1.54) is 17.7 Å². The highest BCUT2D eigenvalue weighted by atomic mass is 19.1. The molecule has 3 heteroatoms. The van der Waals surface area contributed by atoms with Crippen LogP contribution in [0.5, 0.6) is 0 Å². The lowest BCUT2D eigenvalue weighted by Gasteiger charge is -2.34. The van der Waals surface area contributed by atoms with Gasteiger partial charge in [0.2, 0.25) is 0 Å². The SMILES string of the molecule is O=C1CCCN(Cc2ccccc2)C1c1ccc(F)cc1. The van der Waals surface area contributed by atoms with Gasteiger partial charge in [-0.25, -0.2) is 4.39 Å². The van der Waals surface area contributed by atoms with E-state index in [1.54, 1.807) is 12.1 Å². The number of likely N-dealkylation sites (tertiary alicyclic amines) is 1. The highest BCUT2D eigenvalue weighted by Gasteiger charge is 2.30. The lowest BCUT2D eigenvalue weighted by molar-refractivity contribution is -0.127. The Labute approximate surface area is 124 Å². The van der Waals surface area contributed by atoms with E-state index in [4.69, 9.17) is 0 Å². The number of carbonyl (C=O) groups is 1. The Bertz CT molecular complexity index is 609. The smallest absolute Gasteiger partial charge is 0.154 e. The lowest BCUT2D eigenvalue weighted by Crippen LogP contribution is -2.38. The zero-order chi connectivity index (χ0) is 14.7. The molecule has 0 aliphatic carbocycles. The lowest BCUT2D eigenvalue weighted by atomic mass is 9.93. The van der Waals surface area contributed by atoms with Gasteiger partial charge in [-0.2, -0.15) is 0 Å². The van der Waals surface area contributed by atoms with Crippen LogP contribution in [-0.2, 0) is 11.3 Å². The highest BCUT2D eigenvalue weighted by molar-refractivity contribution is 5.86. The molecule has 21 heavy (non-hydrogen) atoms. The minimum atomic E-state index is -0.267. The van der Waals surface area contributed by atoms with Gasteiger partial charge in [0.05, 0.1) is 6.04 Å². The number of rotatable bonds is 3. The molecule has 1 aliphatic rings. The van der Waals surface area contributed by atoms with Gasteiger partial charge in [-0.15, -0.1) is 0 Å². The molecule has 2 aromatic carbocycles. The van der Waals surface area contributed by atoms with Gasteiger partial charge in [-0.05, 0) is 36.2 Å². The fourth-order valence-electron chi connectivity index (χ4n) is 2.96. The molecule has 1 fully saturated rings. The van der Waals surface area contributed by atoms with Gasteiger partial charge in [0.15, 0.2) is 5.78 Å². The van der Waals surface area contributed by atoms with Gasteiger partial charge >= 0.3 is 0 Å². The second-order valence-electron chi connectivity index (χ2n) is 5.48. The number of halogens is 1. The number of nitrogens with zero attached hydrogens (tertiary/aromatic N) is 1. The number of hydrogen-bond donors (Lipinski definition) is 0. The fourth-order valence-corrected chi connectivity index (χ4v) is 2.96. The van der Waals surface area contributed by atoms with E-state index in [-0.39, 0.29) is 17.6 Å². The summed E-state index contributed by atoms with van der Waals surface area (Å²) in [4.78, 5) is 14.5. The Morgan fingerprint density at radius 1 is 1.05 bits per heavy atom. The standard InChI is InChI=1S/C18H18FNO/c19-16-10-8-15(9-11-16)18-17(21)7-4-12-20(18)13-14-5-2-1-3-6-14/h1-3,5-6,8-11,18H,4,7,12-13H2. The van der Waals surface area contributed by atoms with E-state index >= 15 is 0 Å². The molecule has 2 aromatic rings. The third-order valence-corrected chi connectivity index (χ3v) is 3.95. The number of hydrogen-bond acceptors (Lipinski definition) is 2. The molecule has 0 amide bonds. The maximum atomic E-state index is 13.1. The molecule has 108 valence electrons. The Morgan fingerprint density at radius 2 is 1.76 bits per heavy atom. The van der Waals surface area contributed by atoms with Crippen LogP contribution >= 0.6 is 0 Å². The Kier molecular flexibility index (Phi) is 4.11. The molecular formula is C18H18FNO. The summed E-state index contributed by atoms with van der Waals surface area (Å²) in [7, 11) is 0. The molecule has 0 spiro atoms. The first-order valence-corrected chi connectivity index (χ1v) is 7.30. The summed E-state index contributed by atoms with van der Waals surface area (Å²) in [6, 6.07) is 16.2. The van der Waals surface area contributed by atoms with E-state index < -0.39 is 0 Å². The molecule has 1 atom stereocenters. The summed E-state index contributed by atoms with van der Waals surface area (Å²) >= 11 is 0. The van der Waals surface area contributed by atoms with Crippen molar-refractivity contribution < 1.29 is 9.18 Å². The van der Waals surface area contributed by atoms with Crippen LogP contribution in [0.4, 0.5) is 4.39 Å². The van der Waals surface area contributed by atoms with E-state index in [2.05, 4.69) is 17.0 Å². The molecule has 0 aromatic heterocycles. The van der Waals surface area contributed by atoms with E-state index in [1.807, 2.05) is 18.2 Å². The van der Waals surface area contributed by atoms with Crippen LogP contribution < -0.4 is 0 Å². The number of Topliss-reactive ketones (excluding diaryl/α,β-unsaturated/α-hetero) is 1. The van der Waals surface area contributed by atoms with Crippen molar-refractivity contribution in [3.8, 4) is 0 Å². The number of ketones is 1. The molecule has 0 bridgehead atoms. The monoisotopic (exact) mass is 283 g/mol. The first kappa shape index (κ1) is 14.0. The summed E-state index contributed by atoms with van der Waals surface area (Å²) in [5, 5.41) is 0. The quantitative estimate of drug-likeness (QED) is 0.855. The van der Waals surface area contributed by atoms with E-state index in [0.717, 1.165) is 25.1 Å². The number of carbonyl (C=O) groups excluding carboxylic acids is 1. The summed E-state index contributed by atoms with van der Waals surface area (Å²) < 4.78 is 13.1. The van der Waals surface area contributed by atoms with Gasteiger partial charge in [-0.1, -0.05) is 42.5 Å². The maximum Gasteiger partial charge on any atom is 0.154 e. The summed E-state index contributed by atoms with van der Waals surface area (Å²) in [5.74, 6) is -0.0413. The van der Waals surface area contributed by atoms with Gasteiger partial charge in [0, 0.05) is 13.0 Å². The van der Waals surface area contributed by atoms with Crippen LogP contribution in [-0.4, -0.2) is 17.2 Å². The maximum absolute atomic E-state index is 13.1. The fraction of sp³-hybridized carbons (Fsp3) is 0.278. The van der Waals surface area contributed by atoms with Crippen LogP contribution in [0.15, 0.2) is 54.6 Å². The van der Waals surface area contributed by atoms with Crippen molar-refractivity contribution in [3.63, 3.8) is 0 Å². The van der Waals surface area contributed by atoms with Crippen LogP contribution in [0.25, 0.3) is 0 Å². The highest BCUT2D eigenvalue weighted by Crippen LogP contribution is 2.29. The molecule has 1 heterocycles. The van der Waals surface area contributed by atoms with E-state index in [9.17, 15) is 9.18 Å². The molecular weight excluding hydrogens is 265 g/mol. The predicted octanol–water partition coefficient (Wildman–Crippen LogP) is 3.73. The first-order chi connectivity index (χ1) is 10.2. The van der Waals surface area contributed by atoms with Crippen molar-refractivity contribution in [2.75, 3.05) is 6.54 Å². The summed E-state index contributed by atoms with van der Waals surface area (Å²) in [6.45, 7) is 1.64. The van der Waals surface area contributed by atoms with Crippen molar-refractivity contribution >= 4 is 5.78 Å². The van der Waals surface area contributed by atoms with Crippen molar-refractivity contribution in [2.24, 2.45) is 0 Å². The molecule has 1 unspecified atom stereocenters. The normalized spacial score (nSPS) is 19.7. The van der Waals surface area contributed by atoms with Gasteiger partial charge in [-0.3, -0.25) is 9.69 Å². The topological polar surface area (TPSA) is 20.3 Å². The molecule has 1 saturated heterocycles. The van der Waals surface area contributed by atoms with E-state index in [0.29, 0.717) is 6.42 Å². The van der Waals surface area contributed by atoms with Crippen molar-refractivity contribution in [2.45, 2.75) is 25.4 Å². The van der Waals surface area contributed by atoms with Crippen molar-refractivity contribution in [3.05, 3.63) is 71.5 Å². The zero-order valence-corrected chi connectivity index (χ0v) is 11.8. The second kappa shape index (κ2) is 6.19. The molecule has 0 saturated carbocycles. The Balaban J connectivity index is 1.86. The van der Waals surface area contributed by atoms with Crippen molar-refractivity contribution in [1.29, 1.82) is 0 Å². The van der Waals surface area contributed by atoms with Crippen molar-refractivity contribution in [1.82, 2.24) is 4.90 Å². The van der Waals surface area contributed by atoms with Gasteiger partial charge < -0.3 is 0 Å². The largest absolute Gasteiger partial charge is 0.298 e. The average Bonchev–Trinajstić information content (AvgIpc) is 2.50. The predicted molar refractivity (Wildman–Crippen MR) is 80.2 cm³/mol. The molecule has 3 rings (SSSR count). The third-order valence-electron chi connectivity index (χ3n) is 3.95. The summed E-state index contributed by atoms with van der Waals surface area (Å²) in [5.41, 5.74) is 2.08. The molecule has 1 aliphatic heterocycles. The van der Waals surface area contributed by atoms with Crippen LogP contribution in [0.1, 0.15) is 30.0 Å².